The second-order valence-corrected chi connectivity index (χ2v) is 6.79. The van der Waals surface area contributed by atoms with Gasteiger partial charge in [0.15, 0.2) is 0 Å². The van der Waals surface area contributed by atoms with E-state index >= 15 is 0 Å². The number of nitrogens with one attached hydrogen (secondary N) is 1. The average Bonchev–Trinajstić information content (AvgIpc) is 2.41. The fourth-order valence-electron chi connectivity index (χ4n) is 2.40. The highest BCUT2D eigenvalue weighted by Crippen LogP contribution is 2.27. The summed E-state index contributed by atoms with van der Waals surface area (Å²) in [6, 6.07) is 4.77. The van der Waals surface area contributed by atoms with Crippen LogP contribution in [0.3, 0.4) is 0 Å². The topological polar surface area (TPSA) is 29.1 Å². The summed E-state index contributed by atoms with van der Waals surface area (Å²) in [5.41, 5.74) is 0. The number of halogens is 2. The van der Waals surface area contributed by atoms with Crippen molar-refractivity contribution in [3.8, 4) is 0 Å². The zero-order valence-electron chi connectivity index (χ0n) is 10.3. The summed E-state index contributed by atoms with van der Waals surface area (Å²) in [6.07, 6.45) is 4.07. The van der Waals surface area contributed by atoms with Crippen molar-refractivity contribution in [2.45, 2.75) is 41.9 Å². The summed E-state index contributed by atoms with van der Waals surface area (Å²) in [5, 5.41) is 3.42. The maximum Gasteiger partial charge on any atom is 0.141 e. The highest BCUT2D eigenvalue weighted by atomic mass is 35.5. The smallest absolute Gasteiger partial charge is 0.141 e. The lowest BCUT2D eigenvalue weighted by atomic mass is 9.95. The molecule has 18 heavy (non-hydrogen) atoms. The number of benzene rings is 1. The van der Waals surface area contributed by atoms with E-state index in [0.717, 1.165) is 25.7 Å². The Morgan fingerprint density at radius 3 is 2.89 bits per heavy atom. The Morgan fingerprint density at radius 1 is 1.44 bits per heavy atom. The summed E-state index contributed by atoms with van der Waals surface area (Å²) in [4.78, 5) is 0.628. The molecule has 0 saturated heterocycles. The molecule has 0 spiro atoms. The lowest BCUT2D eigenvalue weighted by Gasteiger charge is -2.28. The molecular weight excluding hydrogens is 273 g/mol. The highest BCUT2D eigenvalue weighted by Gasteiger charge is 2.26. The normalized spacial score (nSPS) is 25.9. The van der Waals surface area contributed by atoms with Crippen molar-refractivity contribution in [1.82, 2.24) is 5.32 Å². The first-order valence-corrected chi connectivity index (χ1v) is 7.74. The Bertz CT molecular complexity index is 455. The van der Waals surface area contributed by atoms with Crippen LogP contribution in [0.25, 0.3) is 0 Å². The van der Waals surface area contributed by atoms with Crippen molar-refractivity contribution in [3.05, 3.63) is 29.0 Å². The molecule has 0 bridgehead atoms. The van der Waals surface area contributed by atoms with Gasteiger partial charge in [0.2, 0.25) is 0 Å². The van der Waals surface area contributed by atoms with E-state index in [1.807, 2.05) is 7.05 Å². The second kappa shape index (κ2) is 6.13. The van der Waals surface area contributed by atoms with Crippen molar-refractivity contribution in [2.24, 2.45) is 0 Å². The van der Waals surface area contributed by atoms with Gasteiger partial charge in [0.05, 0.1) is 15.8 Å². The summed E-state index contributed by atoms with van der Waals surface area (Å²) >= 11 is 5.73. The molecule has 0 radical (unpaired) electrons. The standard InChI is InChI=1S/C13H17ClFNOS/c1-16-9-3-2-4-10(7-9)18(17)11-5-6-13(15)12(14)8-11/h5-6,8-10,16H,2-4,7H2,1H3. The molecule has 1 aliphatic carbocycles. The van der Waals surface area contributed by atoms with E-state index in [-0.39, 0.29) is 10.3 Å². The first-order valence-electron chi connectivity index (χ1n) is 6.14. The molecule has 3 atom stereocenters. The van der Waals surface area contributed by atoms with E-state index in [4.69, 9.17) is 11.6 Å². The summed E-state index contributed by atoms with van der Waals surface area (Å²) in [5.74, 6) is -0.464. The molecule has 1 N–H and O–H groups in total. The molecule has 0 amide bonds. The third kappa shape index (κ3) is 3.11. The second-order valence-electron chi connectivity index (χ2n) is 4.65. The van der Waals surface area contributed by atoms with E-state index in [0.29, 0.717) is 10.9 Å². The van der Waals surface area contributed by atoms with E-state index < -0.39 is 16.6 Å². The Morgan fingerprint density at radius 2 is 2.22 bits per heavy atom. The minimum atomic E-state index is -1.10. The number of hydrogen-bond donors (Lipinski definition) is 1. The molecular formula is C13H17ClFNOS. The van der Waals surface area contributed by atoms with Crippen LogP contribution < -0.4 is 5.32 Å². The van der Waals surface area contributed by atoms with Crippen molar-refractivity contribution >= 4 is 22.4 Å². The van der Waals surface area contributed by atoms with Gasteiger partial charge in [-0.15, -0.1) is 0 Å². The summed E-state index contributed by atoms with van der Waals surface area (Å²) < 4.78 is 25.5. The molecule has 2 rings (SSSR count). The van der Waals surface area contributed by atoms with Crippen LogP contribution in [0.15, 0.2) is 23.1 Å². The van der Waals surface area contributed by atoms with Crippen molar-refractivity contribution < 1.29 is 8.60 Å². The Balaban J connectivity index is 2.12. The lowest BCUT2D eigenvalue weighted by molar-refractivity contribution is 0.398. The van der Waals surface area contributed by atoms with Crippen molar-refractivity contribution in [1.29, 1.82) is 0 Å². The molecule has 1 aromatic rings. The van der Waals surface area contributed by atoms with Crippen LogP contribution in [0.2, 0.25) is 5.02 Å². The van der Waals surface area contributed by atoms with E-state index in [1.54, 1.807) is 6.07 Å². The number of rotatable bonds is 3. The van der Waals surface area contributed by atoms with Gasteiger partial charge < -0.3 is 5.32 Å². The molecule has 1 aromatic carbocycles. The third-order valence-corrected chi connectivity index (χ3v) is 5.50. The molecule has 0 heterocycles. The monoisotopic (exact) mass is 289 g/mol. The SMILES string of the molecule is CNC1CCCC(S(=O)c2ccc(F)c(Cl)c2)C1. The van der Waals surface area contributed by atoms with Gasteiger partial charge in [-0.1, -0.05) is 18.0 Å². The van der Waals surface area contributed by atoms with Gasteiger partial charge in [0, 0.05) is 16.2 Å². The molecule has 2 nitrogen and oxygen atoms in total. The Labute approximate surface area is 114 Å². The van der Waals surface area contributed by atoms with Gasteiger partial charge >= 0.3 is 0 Å². The minimum absolute atomic E-state index is 0.0434. The van der Waals surface area contributed by atoms with E-state index in [9.17, 15) is 8.60 Å². The van der Waals surface area contributed by atoms with Crippen LogP contribution in [0.1, 0.15) is 25.7 Å². The molecule has 3 unspecified atom stereocenters. The van der Waals surface area contributed by atoms with Gasteiger partial charge in [0.1, 0.15) is 5.82 Å². The van der Waals surface area contributed by atoms with Gasteiger partial charge in [-0.05, 0) is 44.5 Å². The van der Waals surface area contributed by atoms with Gasteiger partial charge in [-0.2, -0.15) is 0 Å². The predicted octanol–water partition coefficient (Wildman–Crippen LogP) is 3.12. The van der Waals surface area contributed by atoms with Crippen LogP contribution in [0.4, 0.5) is 4.39 Å². The fourth-order valence-corrected chi connectivity index (χ4v) is 4.25. The maximum atomic E-state index is 13.1. The quantitative estimate of drug-likeness (QED) is 0.926. The number of hydrogen-bond acceptors (Lipinski definition) is 2. The molecule has 100 valence electrons. The zero-order chi connectivity index (χ0) is 13.1. The van der Waals surface area contributed by atoms with Crippen LogP contribution in [0, 0.1) is 5.82 Å². The Kier molecular flexibility index (Phi) is 4.76. The van der Waals surface area contributed by atoms with E-state index in [1.165, 1.54) is 12.1 Å². The van der Waals surface area contributed by atoms with Crippen molar-refractivity contribution in [3.63, 3.8) is 0 Å². The van der Waals surface area contributed by atoms with Gasteiger partial charge in [-0.25, -0.2) is 4.39 Å². The first kappa shape index (κ1) is 14.0. The zero-order valence-corrected chi connectivity index (χ0v) is 11.9. The lowest BCUT2D eigenvalue weighted by Crippen LogP contribution is -2.35. The molecule has 0 aromatic heterocycles. The van der Waals surface area contributed by atoms with Crippen LogP contribution in [-0.4, -0.2) is 22.5 Å². The summed E-state index contributed by atoms with van der Waals surface area (Å²) in [7, 11) is 0.833. The molecule has 1 fully saturated rings. The van der Waals surface area contributed by atoms with Crippen LogP contribution in [-0.2, 0) is 10.8 Å². The molecule has 0 aliphatic heterocycles. The van der Waals surface area contributed by atoms with Crippen LogP contribution in [0.5, 0.6) is 0 Å². The maximum absolute atomic E-state index is 13.1. The van der Waals surface area contributed by atoms with Crippen molar-refractivity contribution in [2.75, 3.05) is 7.05 Å². The minimum Gasteiger partial charge on any atom is -0.317 e. The Hall–Kier alpha value is -0.450. The fraction of sp³-hybridized carbons (Fsp3) is 0.538. The predicted molar refractivity (Wildman–Crippen MR) is 72.9 cm³/mol. The van der Waals surface area contributed by atoms with E-state index in [2.05, 4.69) is 5.32 Å². The molecule has 5 heteroatoms. The van der Waals surface area contributed by atoms with Gasteiger partial charge in [0.25, 0.3) is 0 Å². The largest absolute Gasteiger partial charge is 0.317 e. The first-order chi connectivity index (χ1) is 8.61. The molecule has 1 saturated carbocycles. The highest BCUT2D eigenvalue weighted by molar-refractivity contribution is 7.85. The molecule has 1 aliphatic rings. The summed E-state index contributed by atoms with van der Waals surface area (Å²) in [6.45, 7) is 0. The van der Waals surface area contributed by atoms with Gasteiger partial charge in [-0.3, -0.25) is 4.21 Å². The third-order valence-electron chi connectivity index (χ3n) is 3.46. The average molecular weight is 290 g/mol. The van der Waals surface area contributed by atoms with Crippen LogP contribution >= 0.6 is 11.6 Å².